The zero-order chi connectivity index (χ0) is 18.9. The molecule has 0 aliphatic carbocycles. The lowest BCUT2D eigenvalue weighted by molar-refractivity contribution is 0.0305. The Morgan fingerprint density at radius 1 is 1.14 bits per heavy atom. The molecular formula is C21H22N4O2S. The van der Waals surface area contributed by atoms with E-state index in [0.29, 0.717) is 32.2 Å². The summed E-state index contributed by atoms with van der Waals surface area (Å²) in [5.41, 5.74) is 1.21. The first kappa shape index (κ1) is 17.6. The predicted molar refractivity (Wildman–Crippen MR) is 110 cm³/mol. The van der Waals surface area contributed by atoms with Crippen molar-refractivity contribution in [2.45, 2.75) is 12.3 Å². The molecule has 2 saturated heterocycles. The summed E-state index contributed by atoms with van der Waals surface area (Å²) in [5.74, 6) is 1.38. The molecule has 2 aromatic heterocycles. The zero-order valence-electron chi connectivity index (χ0n) is 15.6. The third kappa shape index (κ3) is 3.14. The fourth-order valence-corrected chi connectivity index (χ4v) is 5.46. The number of anilines is 1. The van der Waals surface area contributed by atoms with E-state index in [9.17, 15) is 4.79 Å². The van der Waals surface area contributed by atoms with Gasteiger partial charge in [-0.3, -0.25) is 9.78 Å². The van der Waals surface area contributed by atoms with Gasteiger partial charge in [-0.25, -0.2) is 4.98 Å². The molecule has 1 aromatic carbocycles. The third-order valence-corrected chi connectivity index (χ3v) is 6.77. The van der Waals surface area contributed by atoms with Crippen LogP contribution in [0, 0.1) is 0 Å². The van der Waals surface area contributed by atoms with Crippen LogP contribution in [0.1, 0.15) is 27.6 Å². The van der Waals surface area contributed by atoms with E-state index in [1.165, 1.54) is 15.6 Å². The first-order chi connectivity index (χ1) is 13.8. The van der Waals surface area contributed by atoms with E-state index in [2.05, 4.69) is 33.1 Å². The first-order valence-electron chi connectivity index (χ1n) is 9.70. The molecule has 0 radical (unpaired) electrons. The molecule has 0 spiro atoms. The molecule has 4 heterocycles. The van der Waals surface area contributed by atoms with Crippen molar-refractivity contribution in [3.8, 4) is 0 Å². The Balaban J connectivity index is 1.50. The lowest BCUT2D eigenvalue weighted by Crippen LogP contribution is -2.40. The Morgan fingerprint density at radius 3 is 2.82 bits per heavy atom. The molecule has 0 N–H and O–H groups in total. The summed E-state index contributed by atoms with van der Waals surface area (Å²) < 4.78 is 6.61. The third-order valence-electron chi connectivity index (χ3n) is 5.60. The molecule has 3 aromatic rings. The van der Waals surface area contributed by atoms with Crippen LogP contribution in [0.5, 0.6) is 0 Å². The highest BCUT2D eigenvalue weighted by molar-refractivity contribution is 7.21. The lowest BCUT2D eigenvalue weighted by atomic mass is 9.94. The number of amides is 1. The molecule has 6 nitrogen and oxygen atoms in total. The number of benzene rings is 1. The van der Waals surface area contributed by atoms with E-state index in [-0.39, 0.29) is 5.91 Å². The smallest absolute Gasteiger partial charge is 0.264 e. The van der Waals surface area contributed by atoms with Gasteiger partial charge in [0.25, 0.3) is 5.91 Å². The molecule has 7 heteroatoms. The van der Waals surface area contributed by atoms with Crippen LogP contribution in [-0.4, -0.2) is 60.2 Å². The minimum absolute atomic E-state index is 0.150. The van der Waals surface area contributed by atoms with Crippen LogP contribution in [0.25, 0.3) is 10.1 Å². The quantitative estimate of drug-likeness (QED) is 0.683. The van der Waals surface area contributed by atoms with Crippen molar-refractivity contribution in [2.24, 2.45) is 0 Å². The average Bonchev–Trinajstić information content (AvgIpc) is 3.39. The van der Waals surface area contributed by atoms with Gasteiger partial charge in [0.1, 0.15) is 5.82 Å². The molecule has 1 unspecified atom stereocenters. The maximum Gasteiger partial charge on any atom is 0.264 e. The SMILES string of the molecule is O=C(c1sc2ccccc2c1C1CCN(c2cnccn2)C1)N1CCOCC1. The van der Waals surface area contributed by atoms with Gasteiger partial charge in [-0.1, -0.05) is 18.2 Å². The standard InChI is InChI=1S/C21H22N4O2S/c26-21(24-9-11-27-12-10-24)20-19(16-3-1-2-4-17(16)28-20)15-5-8-25(14-15)18-13-22-6-7-23-18/h1-4,6-7,13,15H,5,8-12,14H2. The summed E-state index contributed by atoms with van der Waals surface area (Å²) in [6.07, 6.45) is 6.26. The molecule has 0 bridgehead atoms. The van der Waals surface area contributed by atoms with E-state index in [1.54, 1.807) is 23.7 Å². The number of carbonyl (C=O) groups excluding carboxylic acids is 1. The summed E-state index contributed by atoms with van der Waals surface area (Å²) >= 11 is 1.63. The van der Waals surface area contributed by atoms with Gasteiger partial charge < -0.3 is 14.5 Å². The summed E-state index contributed by atoms with van der Waals surface area (Å²) in [5, 5.41) is 1.22. The molecule has 2 aliphatic rings. The van der Waals surface area contributed by atoms with Crippen LogP contribution in [0.4, 0.5) is 5.82 Å². The molecule has 1 atom stereocenters. The second kappa shape index (κ2) is 7.48. The van der Waals surface area contributed by atoms with E-state index >= 15 is 0 Å². The summed E-state index contributed by atoms with van der Waals surface area (Å²) in [4.78, 5) is 27.1. The zero-order valence-corrected chi connectivity index (χ0v) is 16.4. The Kier molecular flexibility index (Phi) is 4.70. The van der Waals surface area contributed by atoms with Crippen LogP contribution in [-0.2, 0) is 4.74 Å². The summed E-state index contributed by atoms with van der Waals surface area (Å²) in [6.45, 7) is 4.37. The van der Waals surface area contributed by atoms with Crippen LogP contribution in [0.3, 0.4) is 0 Å². The van der Waals surface area contributed by atoms with E-state index in [4.69, 9.17) is 4.74 Å². The Labute approximate surface area is 167 Å². The van der Waals surface area contributed by atoms with Gasteiger partial charge in [0.2, 0.25) is 0 Å². The number of ether oxygens (including phenoxy) is 1. The molecule has 144 valence electrons. The number of morpholine rings is 1. The van der Waals surface area contributed by atoms with Crippen LogP contribution < -0.4 is 4.90 Å². The minimum Gasteiger partial charge on any atom is -0.378 e. The second-order valence-electron chi connectivity index (χ2n) is 7.24. The van der Waals surface area contributed by atoms with Gasteiger partial charge in [0, 0.05) is 49.2 Å². The minimum atomic E-state index is 0.150. The lowest BCUT2D eigenvalue weighted by Gasteiger charge is -2.27. The highest BCUT2D eigenvalue weighted by Gasteiger charge is 2.32. The number of aromatic nitrogens is 2. The fourth-order valence-electron chi connectivity index (χ4n) is 4.20. The number of hydrogen-bond donors (Lipinski definition) is 0. The highest BCUT2D eigenvalue weighted by Crippen LogP contribution is 2.41. The maximum atomic E-state index is 13.3. The largest absolute Gasteiger partial charge is 0.378 e. The predicted octanol–water partition coefficient (Wildman–Crippen LogP) is 3.16. The molecular weight excluding hydrogens is 372 g/mol. The molecule has 28 heavy (non-hydrogen) atoms. The van der Waals surface area contributed by atoms with Gasteiger partial charge in [0.15, 0.2) is 0 Å². The van der Waals surface area contributed by atoms with Crippen molar-refractivity contribution in [3.63, 3.8) is 0 Å². The number of hydrogen-bond acceptors (Lipinski definition) is 6. The number of rotatable bonds is 3. The normalized spacial score (nSPS) is 20.1. The van der Waals surface area contributed by atoms with Crippen molar-refractivity contribution in [1.82, 2.24) is 14.9 Å². The summed E-state index contributed by atoms with van der Waals surface area (Å²) in [6, 6.07) is 8.39. The maximum absolute atomic E-state index is 13.3. The Bertz CT molecular complexity index is 984. The van der Waals surface area contributed by atoms with E-state index in [0.717, 1.165) is 30.2 Å². The van der Waals surface area contributed by atoms with Crippen LogP contribution in [0.2, 0.25) is 0 Å². The molecule has 2 aliphatic heterocycles. The van der Waals surface area contributed by atoms with Crippen molar-refractivity contribution in [2.75, 3.05) is 44.3 Å². The van der Waals surface area contributed by atoms with Gasteiger partial charge >= 0.3 is 0 Å². The molecule has 5 rings (SSSR count). The number of carbonyl (C=O) groups is 1. The average molecular weight is 395 g/mol. The van der Waals surface area contributed by atoms with Gasteiger partial charge in [-0.15, -0.1) is 11.3 Å². The van der Waals surface area contributed by atoms with Gasteiger partial charge in [0.05, 0.1) is 24.3 Å². The Morgan fingerprint density at radius 2 is 2.00 bits per heavy atom. The summed E-state index contributed by atoms with van der Waals surface area (Å²) in [7, 11) is 0. The molecule has 1 amide bonds. The van der Waals surface area contributed by atoms with Crippen LogP contribution >= 0.6 is 11.3 Å². The van der Waals surface area contributed by atoms with Crippen LogP contribution in [0.15, 0.2) is 42.9 Å². The van der Waals surface area contributed by atoms with Crippen molar-refractivity contribution >= 4 is 33.1 Å². The van der Waals surface area contributed by atoms with Crippen molar-refractivity contribution in [1.29, 1.82) is 0 Å². The monoisotopic (exact) mass is 394 g/mol. The molecule has 2 fully saturated rings. The van der Waals surface area contributed by atoms with E-state index < -0.39 is 0 Å². The first-order valence-corrected chi connectivity index (χ1v) is 10.5. The second-order valence-corrected chi connectivity index (χ2v) is 8.29. The van der Waals surface area contributed by atoms with Crippen molar-refractivity contribution < 1.29 is 9.53 Å². The Hall–Kier alpha value is -2.51. The van der Waals surface area contributed by atoms with Crippen molar-refractivity contribution in [3.05, 3.63) is 53.3 Å². The van der Waals surface area contributed by atoms with Gasteiger partial charge in [-0.2, -0.15) is 0 Å². The number of thiophene rings is 1. The number of nitrogens with zero attached hydrogens (tertiary/aromatic N) is 4. The molecule has 0 saturated carbocycles. The highest BCUT2D eigenvalue weighted by atomic mass is 32.1. The van der Waals surface area contributed by atoms with E-state index in [1.807, 2.05) is 17.2 Å². The van der Waals surface area contributed by atoms with Gasteiger partial charge in [-0.05, 0) is 23.4 Å². The number of fused-ring (bicyclic) bond motifs is 1. The fraction of sp³-hybridized carbons (Fsp3) is 0.381. The topological polar surface area (TPSA) is 58.6 Å².